The molecule has 118 valence electrons. The normalized spacial score (nSPS) is 26.2. The highest BCUT2D eigenvalue weighted by molar-refractivity contribution is 6.30. The van der Waals surface area contributed by atoms with E-state index in [2.05, 4.69) is 37.9 Å². The molecule has 0 radical (unpaired) electrons. The van der Waals surface area contributed by atoms with Crippen molar-refractivity contribution in [1.29, 1.82) is 0 Å². The van der Waals surface area contributed by atoms with Crippen LogP contribution in [0.3, 0.4) is 0 Å². The van der Waals surface area contributed by atoms with Gasteiger partial charge in [-0.3, -0.25) is 0 Å². The molecule has 1 N–H and O–H groups in total. The Balaban J connectivity index is 2.42. The Bertz CT molecular complexity index is 492. The molecule has 1 aromatic carbocycles. The van der Waals surface area contributed by atoms with Gasteiger partial charge in [-0.15, -0.1) is 0 Å². The number of anilines is 1. The average molecular weight is 311 g/mol. The van der Waals surface area contributed by atoms with Crippen LogP contribution in [0.15, 0.2) is 18.2 Å². The summed E-state index contributed by atoms with van der Waals surface area (Å²) in [6.07, 6.45) is 1.09. The van der Waals surface area contributed by atoms with Crippen molar-refractivity contribution in [2.45, 2.75) is 45.7 Å². The van der Waals surface area contributed by atoms with E-state index in [1.165, 1.54) is 0 Å². The molecule has 0 bridgehead atoms. The molecule has 1 aliphatic rings. The first-order valence-electron chi connectivity index (χ1n) is 7.75. The number of hydrogen-bond acceptors (Lipinski definition) is 3. The van der Waals surface area contributed by atoms with Crippen LogP contribution in [0.25, 0.3) is 0 Å². The molecule has 2 rings (SSSR count). The maximum Gasteiger partial charge on any atom is 0.142 e. The summed E-state index contributed by atoms with van der Waals surface area (Å²) in [7, 11) is 1.72. The van der Waals surface area contributed by atoms with Gasteiger partial charge in [0.05, 0.1) is 12.8 Å². The number of rotatable bonds is 4. The lowest BCUT2D eigenvalue weighted by atomic mass is 9.89. The molecular formula is C17H27ClN2O. The molecule has 21 heavy (non-hydrogen) atoms. The molecule has 2 unspecified atom stereocenters. The topological polar surface area (TPSA) is 24.5 Å². The molecule has 0 spiro atoms. The molecule has 4 heteroatoms. The van der Waals surface area contributed by atoms with Crippen LogP contribution in [0.2, 0.25) is 5.02 Å². The Hall–Kier alpha value is -0.930. The summed E-state index contributed by atoms with van der Waals surface area (Å²) >= 11 is 6.23. The average Bonchev–Trinajstić information content (AvgIpc) is 2.46. The van der Waals surface area contributed by atoms with Crippen molar-refractivity contribution in [1.82, 2.24) is 5.32 Å². The number of halogens is 1. The summed E-state index contributed by atoms with van der Waals surface area (Å²) in [5.74, 6) is 1.45. The van der Waals surface area contributed by atoms with Crippen molar-refractivity contribution in [3.8, 4) is 5.75 Å². The summed E-state index contributed by atoms with van der Waals surface area (Å²) in [5, 5.41) is 4.47. The monoisotopic (exact) mass is 310 g/mol. The zero-order valence-electron chi connectivity index (χ0n) is 13.7. The lowest BCUT2D eigenvalue weighted by Gasteiger charge is -2.49. The molecule has 1 heterocycles. The fourth-order valence-electron chi connectivity index (χ4n) is 2.99. The summed E-state index contributed by atoms with van der Waals surface area (Å²) in [4.78, 5) is 2.47. The van der Waals surface area contributed by atoms with Gasteiger partial charge in [0.15, 0.2) is 0 Å². The van der Waals surface area contributed by atoms with E-state index in [9.17, 15) is 0 Å². The second-order valence-corrected chi connectivity index (χ2v) is 6.99. The van der Waals surface area contributed by atoms with Crippen LogP contribution in [-0.4, -0.2) is 31.8 Å². The molecule has 0 aliphatic carbocycles. The van der Waals surface area contributed by atoms with Gasteiger partial charge in [-0.1, -0.05) is 32.4 Å². The van der Waals surface area contributed by atoms with Gasteiger partial charge >= 0.3 is 0 Å². The standard InChI is InChI=1S/C17H27ClN2O/c1-6-17(4)11-20(15(10-19-17)12(2)3)14-9-13(18)7-8-16(14)21-5/h7-9,12,15,19H,6,10-11H2,1-5H3. The Morgan fingerprint density at radius 1 is 1.48 bits per heavy atom. The van der Waals surface area contributed by atoms with E-state index in [1.54, 1.807) is 7.11 Å². The molecule has 0 amide bonds. The first kappa shape index (κ1) is 16.4. The van der Waals surface area contributed by atoms with Gasteiger partial charge in [-0.25, -0.2) is 0 Å². The van der Waals surface area contributed by atoms with E-state index < -0.39 is 0 Å². The maximum atomic E-state index is 6.23. The second-order valence-electron chi connectivity index (χ2n) is 6.55. The number of hydrogen-bond donors (Lipinski definition) is 1. The van der Waals surface area contributed by atoms with Gasteiger partial charge in [0.25, 0.3) is 0 Å². The van der Waals surface area contributed by atoms with Crippen LogP contribution in [-0.2, 0) is 0 Å². The fraction of sp³-hybridized carbons (Fsp3) is 0.647. The Morgan fingerprint density at radius 2 is 2.19 bits per heavy atom. The number of benzene rings is 1. The molecule has 1 saturated heterocycles. The second kappa shape index (κ2) is 6.45. The van der Waals surface area contributed by atoms with Crippen molar-refractivity contribution < 1.29 is 4.74 Å². The number of nitrogens with zero attached hydrogens (tertiary/aromatic N) is 1. The highest BCUT2D eigenvalue weighted by Gasteiger charge is 2.37. The van der Waals surface area contributed by atoms with E-state index >= 15 is 0 Å². The lowest BCUT2D eigenvalue weighted by Crippen LogP contribution is -2.64. The Morgan fingerprint density at radius 3 is 2.76 bits per heavy atom. The van der Waals surface area contributed by atoms with Gasteiger partial charge < -0.3 is 15.0 Å². The van der Waals surface area contributed by atoms with Crippen molar-refractivity contribution >= 4 is 17.3 Å². The summed E-state index contributed by atoms with van der Waals surface area (Å²) in [6.45, 7) is 11.0. The van der Waals surface area contributed by atoms with Crippen LogP contribution < -0.4 is 15.0 Å². The van der Waals surface area contributed by atoms with Gasteiger partial charge in [-0.2, -0.15) is 0 Å². The highest BCUT2D eigenvalue weighted by Crippen LogP contribution is 2.36. The molecular weight excluding hydrogens is 284 g/mol. The van der Waals surface area contributed by atoms with Crippen molar-refractivity contribution in [3.63, 3.8) is 0 Å². The largest absolute Gasteiger partial charge is 0.495 e. The molecule has 0 saturated carbocycles. The van der Waals surface area contributed by atoms with Crippen LogP contribution in [0, 0.1) is 5.92 Å². The Kier molecular flexibility index (Phi) is 5.05. The number of piperazine rings is 1. The third kappa shape index (κ3) is 3.46. The minimum Gasteiger partial charge on any atom is -0.495 e. The highest BCUT2D eigenvalue weighted by atomic mass is 35.5. The van der Waals surface area contributed by atoms with Crippen molar-refractivity contribution in [2.75, 3.05) is 25.1 Å². The van der Waals surface area contributed by atoms with E-state index in [0.717, 1.165) is 36.0 Å². The smallest absolute Gasteiger partial charge is 0.142 e. The molecule has 1 fully saturated rings. The zero-order chi connectivity index (χ0) is 15.6. The van der Waals surface area contributed by atoms with Gasteiger partial charge in [0, 0.05) is 29.7 Å². The van der Waals surface area contributed by atoms with Crippen LogP contribution in [0.1, 0.15) is 34.1 Å². The van der Waals surface area contributed by atoms with Crippen LogP contribution >= 0.6 is 11.6 Å². The SMILES string of the molecule is CCC1(C)CN(c2cc(Cl)ccc2OC)C(C(C)C)CN1. The van der Waals surface area contributed by atoms with Crippen molar-refractivity contribution in [3.05, 3.63) is 23.2 Å². The number of ether oxygens (including phenoxy) is 1. The third-order valence-corrected chi connectivity index (χ3v) is 4.89. The minimum absolute atomic E-state index is 0.124. The molecule has 1 aromatic rings. The lowest BCUT2D eigenvalue weighted by molar-refractivity contribution is 0.251. The van der Waals surface area contributed by atoms with Gasteiger partial charge in [-0.05, 0) is 37.5 Å². The fourth-order valence-corrected chi connectivity index (χ4v) is 3.16. The third-order valence-electron chi connectivity index (χ3n) is 4.66. The summed E-state index contributed by atoms with van der Waals surface area (Å²) < 4.78 is 5.56. The van der Waals surface area contributed by atoms with Crippen molar-refractivity contribution in [2.24, 2.45) is 5.92 Å². The minimum atomic E-state index is 0.124. The number of methoxy groups -OCH3 is 1. The van der Waals surface area contributed by atoms with E-state index in [1.807, 2.05) is 18.2 Å². The van der Waals surface area contributed by atoms with Gasteiger partial charge in [0.2, 0.25) is 0 Å². The maximum absolute atomic E-state index is 6.23. The number of nitrogens with one attached hydrogen (secondary N) is 1. The van der Waals surface area contributed by atoms with Crippen LogP contribution in [0.4, 0.5) is 5.69 Å². The molecule has 1 aliphatic heterocycles. The predicted octanol–water partition coefficient (Wildman–Crippen LogP) is 3.95. The van der Waals surface area contributed by atoms with Gasteiger partial charge in [0.1, 0.15) is 5.75 Å². The molecule has 3 nitrogen and oxygen atoms in total. The van der Waals surface area contributed by atoms with Crippen LogP contribution in [0.5, 0.6) is 5.75 Å². The van der Waals surface area contributed by atoms with E-state index in [0.29, 0.717) is 12.0 Å². The molecule has 0 aromatic heterocycles. The quantitative estimate of drug-likeness (QED) is 0.911. The summed E-state index contributed by atoms with van der Waals surface area (Å²) in [6, 6.07) is 6.31. The first-order chi connectivity index (χ1) is 9.90. The zero-order valence-corrected chi connectivity index (χ0v) is 14.5. The molecule has 2 atom stereocenters. The summed E-state index contributed by atoms with van der Waals surface area (Å²) in [5.41, 5.74) is 1.23. The van der Waals surface area contributed by atoms with E-state index in [4.69, 9.17) is 16.3 Å². The Labute approximate surface area is 133 Å². The predicted molar refractivity (Wildman–Crippen MR) is 90.7 cm³/mol. The first-order valence-corrected chi connectivity index (χ1v) is 8.13. The van der Waals surface area contributed by atoms with E-state index in [-0.39, 0.29) is 5.54 Å².